The Hall–Kier alpha value is -3.39. The van der Waals surface area contributed by atoms with E-state index in [1.165, 1.54) is 24.4 Å². The van der Waals surface area contributed by atoms with Crippen molar-refractivity contribution in [3.63, 3.8) is 0 Å². The molecule has 2 rings (SSSR count). The number of nitrogens with one attached hydrogen (secondary N) is 2. The van der Waals surface area contributed by atoms with Gasteiger partial charge in [-0.2, -0.15) is 14.0 Å². The second-order valence-electron chi connectivity index (χ2n) is 4.55. The molecule has 1 heterocycles. The molecule has 1 aromatic carbocycles. The third-order valence-electron chi connectivity index (χ3n) is 3.00. The van der Waals surface area contributed by atoms with Crippen molar-refractivity contribution in [2.75, 3.05) is 18.4 Å². The number of carbonyl (C=O) groups is 1. The number of alkyl halides is 2. The van der Waals surface area contributed by atoms with E-state index < -0.39 is 6.61 Å². The average Bonchev–Trinajstić information content (AvgIpc) is 2.57. The first kappa shape index (κ1) is 17.0. The Morgan fingerprint density at radius 2 is 2.25 bits per heavy atom. The Kier molecular flexibility index (Phi) is 5.48. The number of amides is 1. The zero-order valence-corrected chi connectivity index (χ0v) is 12.3. The minimum Gasteiger partial charge on any atom is -0.435 e. The molecule has 2 aromatic rings. The van der Waals surface area contributed by atoms with Gasteiger partial charge in [-0.05, 0) is 18.2 Å². The van der Waals surface area contributed by atoms with Crippen molar-refractivity contribution in [1.29, 1.82) is 5.26 Å². The number of hydrogen-bond acceptors (Lipinski definition) is 5. The summed E-state index contributed by atoms with van der Waals surface area (Å²) in [5, 5.41) is 14.9. The van der Waals surface area contributed by atoms with E-state index in [-0.39, 0.29) is 30.3 Å². The quantitative estimate of drug-likeness (QED) is 0.790. The van der Waals surface area contributed by atoms with Crippen LogP contribution in [0.3, 0.4) is 0 Å². The predicted molar refractivity (Wildman–Crippen MR) is 83.4 cm³/mol. The van der Waals surface area contributed by atoms with E-state index >= 15 is 0 Å². The number of nitrogens with zero attached hydrogens (tertiary/aromatic N) is 2. The molecule has 0 bridgehead atoms. The van der Waals surface area contributed by atoms with E-state index in [2.05, 4.69) is 26.3 Å². The summed E-state index contributed by atoms with van der Waals surface area (Å²) in [5.41, 5.74) is 0.932. The zero-order chi connectivity index (χ0) is 17.5. The fraction of sp³-hybridized carbons (Fsp3) is 0.188. The van der Waals surface area contributed by atoms with E-state index in [1.807, 2.05) is 6.07 Å². The third kappa shape index (κ3) is 4.08. The van der Waals surface area contributed by atoms with Crippen LogP contribution in [0.2, 0.25) is 0 Å². The van der Waals surface area contributed by atoms with Gasteiger partial charge < -0.3 is 15.4 Å². The fourth-order valence-electron chi connectivity index (χ4n) is 2.00. The molecule has 0 saturated carbocycles. The van der Waals surface area contributed by atoms with Gasteiger partial charge in [-0.3, -0.25) is 9.78 Å². The Morgan fingerprint density at radius 1 is 1.46 bits per heavy atom. The van der Waals surface area contributed by atoms with Crippen molar-refractivity contribution >= 4 is 22.5 Å². The smallest absolute Gasteiger partial charge is 0.387 e. The Bertz CT molecular complexity index is 840. The van der Waals surface area contributed by atoms with Crippen LogP contribution in [0.4, 0.5) is 14.5 Å². The van der Waals surface area contributed by atoms with Gasteiger partial charge in [0.05, 0.1) is 29.9 Å². The van der Waals surface area contributed by atoms with Crippen LogP contribution < -0.4 is 15.4 Å². The first-order valence-corrected chi connectivity index (χ1v) is 6.77. The molecule has 1 aromatic heterocycles. The molecule has 0 aliphatic rings. The number of rotatable bonds is 6. The Morgan fingerprint density at radius 3 is 2.92 bits per heavy atom. The molecule has 0 aliphatic carbocycles. The van der Waals surface area contributed by atoms with Crippen LogP contribution >= 0.6 is 0 Å². The summed E-state index contributed by atoms with van der Waals surface area (Å²) in [6.07, 6.45) is 6.38. The highest BCUT2D eigenvalue weighted by molar-refractivity contribution is 5.96. The van der Waals surface area contributed by atoms with Gasteiger partial charge in [0.15, 0.2) is 0 Å². The molecule has 122 valence electrons. The molecule has 2 N–H and O–H groups in total. The zero-order valence-electron chi connectivity index (χ0n) is 12.3. The normalized spacial score (nSPS) is 10.0. The van der Waals surface area contributed by atoms with Gasteiger partial charge in [0, 0.05) is 11.6 Å². The highest BCUT2D eigenvalue weighted by Crippen LogP contribution is 2.29. The number of benzene rings is 1. The molecule has 0 saturated heterocycles. The number of fused-ring (bicyclic) bond motifs is 1. The molecular weight excluding hydrogens is 318 g/mol. The van der Waals surface area contributed by atoms with E-state index in [0.717, 1.165) is 0 Å². The lowest BCUT2D eigenvalue weighted by molar-refractivity contribution is -0.119. The summed E-state index contributed by atoms with van der Waals surface area (Å²) < 4.78 is 29.1. The maximum absolute atomic E-state index is 12.4. The Labute approximate surface area is 136 Å². The number of nitriles is 1. The number of anilines is 1. The molecular formula is C16H12F2N4O2. The second kappa shape index (κ2) is 7.75. The standard InChI is InChI=1S/C16H12F2N4O2/c1-2-5-20-14(23)9-22-15-10(7-19)8-21-13-4-3-11(6-12(13)15)24-16(17)18/h1,3-4,6,8,16H,5,9H2,(H,20,23)(H,21,22). The molecule has 1 amide bonds. The summed E-state index contributed by atoms with van der Waals surface area (Å²) in [7, 11) is 0. The lowest BCUT2D eigenvalue weighted by atomic mass is 10.1. The molecule has 24 heavy (non-hydrogen) atoms. The van der Waals surface area contributed by atoms with Crippen molar-refractivity contribution in [1.82, 2.24) is 10.3 Å². The SMILES string of the molecule is C#CCNC(=O)CNc1c(C#N)cnc2ccc(OC(F)F)cc12. The van der Waals surface area contributed by atoms with Crippen LogP contribution in [0, 0.1) is 23.7 Å². The van der Waals surface area contributed by atoms with E-state index in [0.29, 0.717) is 16.6 Å². The van der Waals surface area contributed by atoms with E-state index in [9.17, 15) is 18.8 Å². The van der Waals surface area contributed by atoms with Crippen LogP contribution in [-0.4, -0.2) is 30.6 Å². The highest BCUT2D eigenvalue weighted by Gasteiger charge is 2.12. The van der Waals surface area contributed by atoms with E-state index in [1.54, 1.807) is 0 Å². The van der Waals surface area contributed by atoms with Gasteiger partial charge in [0.2, 0.25) is 5.91 Å². The van der Waals surface area contributed by atoms with Crippen LogP contribution in [0.5, 0.6) is 5.75 Å². The summed E-state index contributed by atoms with van der Waals surface area (Å²) >= 11 is 0. The number of hydrogen-bond donors (Lipinski definition) is 2. The van der Waals surface area contributed by atoms with Gasteiger partial charge in [-0.25, -0.2) is 0 Å². The maximum atomic E-state index is 12.4. The van der Waals surface area contributed by atoms with Crippen LogP contribution in [0.25, 0.3) is 10.9 Å². The lowest BCUT2D eigenvalue weighted by Crippen LogP contribution is -2.30. The number of pyridine rings is 1. The summed E-state index contributed by atoms with van der Waals surface area (Å²) in [4.78, 5) is 15.7. The predicted octanol–water partition coefficient (Wildman–Crippen LogP) is 1.87. The molecule has 0 radical (unpaired) electrons. The summed E-state index contributed by atoms with van der Waals surface area (Å²) in [5.74, 6) is 1.82. The van der Waals surface area contributed by atoms with Crippen molar-refractivity contribution in [3.05, 3.63) is 30.0 Å². The van der Waals surface area contributed by atoms with Crippen molar-refractivity contribution in [3.8, 4) is 24.2 Å². The first-order chi connectivity index (χ1) is 11.5. The van der Waals surface area contributed by atoms with Crippen LogP contribution in [0.15, 0.2) is 24.4 Å². The largest absolute Gasteiger partial charge is 0.435 e. The van der Waals surface area contributed by atoms with Crippen LogP contribution in [-0.2, 0) is 4.79 Å². The highest BCUT2D eigenvalue weighted by atomic mass is 19.3. The maximum Gasteiger partial charge on any atom is 0.387 e. The second-order valence-corrected chi connectivity index (χ2v) is 4.55. The first-order valence-electron chi connectivity index (χ1n) is 6.77. The van der Waals surface area contributed by atoms with Gasteiger partial charge >= 0.3 is 6.61 Å². The topological polar surface area (TPSA) is 87.0 Å². The molecule has 0 aliphatic heterocycles. The fourth-order valence-corrected chi connectivity index (χ4v) is 2.00. The molecule has 0 atom stereocenters. The Balaban J connectivity index is 2.35. The number of carbonyl (C=O) groups excluding carboxylic acids is 1. The van der Waals surface area contributed by atoms with Gasteiger partial charge in [-0.15, -0.1) is 6.42 Å². The number of ether oxygens (including phenoxy) is 1. The molecule has 8 heteroatoms. The summed E-state index contributed by atoms with van der Waals surface area (Å²) in [6, 6.07) is 6.10. The molecule has 0 unspecified atom stereocenters. The minimum atomic E-state index is -2.97. The minimum absolute atomic E-state index is 0.0748. The number of aromatic nitrogens is 1. The van der Waals surface area contributed by atoms with E-state index in [4.69, 9.17) is 6.42 Å². The molecule has 0 fully saturated rings. The van der Waals surface area contributed by atoms with Crippen molar-refractivity contribution in [2.24, 2.45) is 0 Å². The third-order valence-corrected chi connectivity index (χ3v) is 3.00. The molecule has 0 spiro atoms. The lowest BCUT2D eigenvalue weighted by Gasteiger charge is -2.12. The van der Waals surface area contributed by atoms with Gasteiger partial charge in [-0.1, -0.05) is 5.92 Å². The number of halogens is 2. The van der Waals surface area contributed by atoms with Gasteiger partial charge in [0.25, 0.3) is 0 Å². The number of terminal acetylenes is 1. The summed E-state index contributed by atoms with van der Waals surface area (Å²) in [6.45, 7) is -3.04. The van der Waals surface area contributed by atoms with Crippen LogP contribution in [0.1, 0.15) is 5.56 Å². The van der Waals surface area contributed by atoms with Gasteiger partial charge in [0.1, 0.15) is 11.8 Å². The monoisotopic (exact) mass is 330 g/mol. The molecule has 6 nitrogen and oxygen atoms in total. The average molecular weight is 330 g/mol. The van der Waals surface area contributed by atoms with Crippen molar-refractivity contribution < 1.29 is 18.3 Å². The van der Waals surface area contributed by atoms with Crippen molar-refractivity contribution in [2.45, 2.75) is 6.61 Å².